The molecular weight excluding hydrogens is 404 g/mol. The number of rotatable bonds is 3. The fraction of sp³-hybridized carbons (Fsp3) is 0.286. The summed E-state index contributed by atoms with van der Waals surface area (Å²) in [7, 11) is 1.29. The highest BCUT2D eigenvalue weighted by Crippen LogP contribution is 2.32. The molecule has 0 saturated carbocycles. The van der Waals surface area contributed by atoms with Crippen molar-refractivity contribution in [1.82, 2.24) is 0 Å². The monoisotopic (exact) mass is 416 g/mol. The second-order valence-corrected chi connectivity index (χ2v) is 6.45. The lowest BCUT2D eigenvalue weighted by Crippen LogP contribution is -2.25. The van der Waals surface area contributed by atoms with Gasteiger partial charge < -0.3 is 15.8 Å². The molecule has 1 aromatic carbocycles. The van der Waals surface area contributed by atoms with E-state index in [0.717, 1.165) is 0 Å². The molecule has 112 valence electrons. The first-order chi connectivity index (χ1) is 9.92. The van der Waals surface area contributed by atoms with Gasteiger partial charge in [-0.15, -0.1) is 0 Å². The van der Waals surface area contributed by atoms with Crippen LogP contribution < -0.4 is 11.1 Å². The second kappa shape index (κ2) is 6.72. The van der Waals surface area contributed by atoms with E-state index in [1.165, 1.54) is 7.11 Å². The van der Waals surface area contributed by atoms with Crippen LogP contribution in [-0.4, -0.2) is 25.0 Å². The van der Waals surface area contributed by atoms with Crippen molar-refractivity contribution in [2.45, 2.75) is 12.5 Å². The summed E-state index contributed by atoms with van der Waals surface area (Å²) in [5.74, 6) is -1.01. The number of nitrogens with two attached hydrogens (primary N) is 1. The smallest absolute Gasteiger partial charge is 0.340 e. The molecule has 1 aromatic rings. The van der Waals surface area contributed by atoms with Gasteiger partial charge in [-0.25, -0.2) is 4.79 Å². The number of hydrogen-bond acceptors (Lipinski definition) is 4. The van der Waals surface area contributed by atoms with Crippen molar-refractivity contribution in [3.8, 4) is 0 Å². The Balaban J connectivity index is 2.29. The molecule has 1 amide bonds. The van der Waals surface area contributed by atoms with Crippen molar-refractivity contribution in [2.75, 3.05) is 12.4 Å². The van der Waals surface area contributed by atoms with Crippen LogP contribution in [0.15, 0.2) is 33.2 Å². The molecule has 1 aliphatic carbocycles. The highest BCUT2D eigenvalue weighted by atomic mass is 79.9. The van der Waals surface area contributed by atoms with Crippen molar-refractivity contribution >= 4 is 49.4 Å². The van der Waals surface area contributed by atoms with Gasteiger partial charge in [0.25, 0.3) is 0 Å². The Morgan fingerprint density at radius 2 is 2.05 bits per heavy atom. The van der Waals surface area contributed by atoms with E-state index in [-0.39, 0.29) is 23.4 Å². The van der Waals surface area contributed by atoms with Gasteiger partial charge in [-0.3, -0.25) is 4.79 Å². The van der Waals surface area contributed by atoms with Crippen LogP contribution in [-0.2, 0) is 9.53 Å². The van der Waals surface area contributed by atoms with E-state index in [1.54, 1.807) is 18.2 Å². The van der Waals surface area contributed by atoms with Crippen LogP contribution in [0.3, 0.4) is 0 Å². The van der Waals surface area contributed by atoms with Gasteiger partial charge in [0.05, 0.1) is 24.3 Å². The number of esters is 1. The van der Waals surface area contributed by atoms with Crippen molar-refractivity contribution in [1.29, 1.82) is 0 Å². The third-order valence-electron chi connectivity index (χ3n) is 3.16. The zero-order chi connectivity index (χ0) is 15.6. The van der Waals surface area contributed by atoms with Gasteiger partial charge in [0, 0.05) is 15.0 Å². The molecule has 2 rings (SSSR count). The molecule has 0 aromatic heterocycles. The summed E-state index contributed by atoms with van der Waals surface area (Å²) in [4.78, 5) is 24.1. The number of carbonyl (C=O) groups excluding carboxylic acids is 2. The van der Waals surface area contributed by atoms with Crippen LogP contribution in [0, 0.1) is 5.92 Å². The minimum Gasteiger partial charge on any atom is -0.465 e. The Bertz CT molecular complexity index is 616. The van der Waals surface area contributed by atoms with Gasteiger partial charge >= 0.3 is 5.97 Å². The number of benzene rings is 1. The van der Waals surface area contributed by atoms with E-state index < -0.39 is 5.97 Å². The number of hydrogen-bond donors (Lipinski definition) is 2. The Labute approximate surface area is 139 Å². The maximum absolute atomic E-state index is 12.3. The predicted molar refractivity (Wildman–Crippen MR) is 87.0 cm³/mol. The zero-order valence-electron chi connectivity index (χ0n) is 11.2. The maximum atomic E-state index is 12.3. The first-order valence-corrected chi connectivity index (χ1v) is 7.83. The number of ether oxygens (including phenoxy) is 1. The third-order valence-corrected chi connectivity index (χ3v) is 4.25. The summed E-state index contributed by atoms with van der Waals surface area (Å²) in [5.41, 5.74) is 6.42. The lowest BCUT2D eigenvalue weighted by atomic mass is 10.1. The normalized spacial score (nSPS) is 20.4. The molecule has 0 heterocycles. The quantitative estimate of drug-likeness (QED) is 0.585. The van der Waals surface area contributed by atoms with Crippen LogP contribution in [0.1, 0.15) is 16.8 Å². The predicted octanol–water partition coefficient (Wildman–Crippen LogP) is 2.84. The molecule has 7 heteroatoms. The Hall–Kier alpha value is -1.18. The average Bonchev–Trinajstić information content (AvgIpc) is 2.87. The summed E-state index contributed by atoms with van der Waals surface area (Å²) < 4.78 is 6.04. The van der Waals surface area contributed by atoms with Gasteiger partial charge in [-0.2, -0.15) is 0 Å². The Kier molecular flexibility index (Phi) is 5.18. The van der Waals surface area contributed by atoms with Crippen LogP contribution in [0.4, 0.5) is 5.69 Å². The molecule has 21 heavy (non-hydrogen) atoms. The maximum Gasteiger partial charge on any atom is 0.340 e. The average molecular weight is 418 g/mol. The molecule has 0 saturated heterocycles. The lowest BCUT2D eigenvalue weighted by molar-refractivity contribution is -0.118. The first kappa shape index (κ1) is 16.2. The summed E-state index contributed by atoms with van der Waals surface area (Å²) in [5, 5.41) is 2.77. The summed E-state index contributed by atoms with van der Waals surface area (Å²) in [6.07, 6.45) is 4.15. The zero-order valence-corrected chi connectivity index (χ0v) is 14.4. The van der Waals surface area contributed by atoms with Crippen molar-refractivity contribution < 1.29 is 14.3 Å². The van der Waals surface area contributed by atoms with Crippen molar-refractivity contribution in [2.24, 2.45) is 11.7 Å². The van der Waals surface area contributed by atoms with E-state index >= 15 is 0 Å². The van der Waals surface area contributed by atoms with Crippen molar-refractivity contribution in [3.63, 3.8) is 0 Å². The number of carbonyl (C=O) groups is 2. The SMILES string of the molecule is COC(=O)c1cc(Br)cc(Br)c1NC(=O)C1C=CC(N)C1. The number of methoxy groups -OCH3 is 1. The lowest BCUT2D eigenvalue weighted by Gasteiger charge is -2.15. The summed E-state index contributed by atoms with van der Waals surface area (Å²) in [6, 6.07) is 3.25. The van der Waals surface area contributed by atoms with E-state index in [4.69, 9.17) is 10.5 Å². The van der Waals surface area contributed by atoms with Gasteiger partial charge in [0.1, 0.15) is 0 Å². The molecule has 5 nitrogen and oxygen atoms in total. The Morgan fingerprint density at radius 3 is 2.62 bits per heavy atom. The molecule has 0 radical (unpaired) electrons. The molecule has 0 fully saturated rings. The topological polar surface area (TPSA) is 81.4 Å². The van der Waals surface area contributed by atoms with E-state index in [2.05, 4.69) is 37.2 Å². The van der Waals surface area contributed by atoms with Crippen LogP contribution in [0.5, 0.6) is 0 Å². The number of halogens is 2. The van der Waals surface area contributed by atoms with Gasteiger partial charge in [-0.1, -0.05) is 28.1 Å². The molecule has 2 atom stereocenters. The largest absolute Gasteiger partial charge is 0.465 e. The first-order valence-electron chi connectivity index (χ1n) is 6.24. The minimum atomic E-state index is -0.522. The summed E-state index contributed by atoms with van der Waals surface area (Å²) >= 11 is 6.66. The fourth-order valence-corrected chi connectivity index (χ4v) is 3.43. The number of anilines is 1. The van der Waals surface area contributed by atoms with Crippen LogP contribution in [0.2, 0.25) is 0 Å². The molecule has 3 N–H and O–H groups in total. The van der Waals surface area contributed by atoms with Crippen LogP contribution >= 0.6 is 31.9 Å². The van der Waals surface area contributed by atoms with E-state index in [1.807, 2.05) is 6.08 Å². The van der Waals surface area contributed by atoms with E-state index in [9.17, 15) is 9.59 Å². The van der Waals surface area contributed by atoms with Gasteiger partial charge in [0.2, 0.25) is 5.91 Å². The molecule has 0 spiro atoms. The van der Waals surface area contributed by atoms with E-state index in [0.29, 0.717) is 21.1 Å². The second-order valence-electron chi connectivity index (χ2n) is 4.68. The van der Waals surface area contributed by atoms with Gasteiger partial charge in [-0.05, 0) is 34.5 Å². The number of amides is 1. The van der Waals surface area contributed by atoms with Crippen LogP contribution in [0.25, 0.3) is 0 Å². The molecule has 0 bridgehead atoms. The van der Waals surface area contributed by atoms with Crippen molar-refractivity contribution in [3.05, 3.63) is 38.8 Å². The fourth-order valence-electron chi connectivity index (χ4n) is 2.11. The molecular formula is C14H14Br2N2O3. The van der Waals surface area contributed by atoms with Gasteiger partial charge in [0.15, 0.2) is 0 Å². The molecule has 0 aliphatic heterocycles. The summed E-state index contributed by atoms with van der Waals surface area (Å²) in [6.45, 7) is 0. The highest BCUT2D eigenvalue weighted by Gasteiger charge is 2.25. The Morgan fingerprint density at radius 1 is 1.33 bits per heavy atom. The molecule has 2 unspecified atom stereocenters. The minimum absolute atomic E-state index is 0.103. The number of nitrogens with one attached hydrogen (secondary N) is 1. The molecule has 1 aliphatic rings. The third kappa shape index (κ3) is 3.72. The standard InChI is InChI=1S/C14H14Br2N2O3/c1-21-14(20)10-5-8(15)6-11(16)12(10)18-13(19)7-2-3-9(17)4-7/h2-3,5-7,9H,4,17H2,1H3,(H,18,19). The highest BCUT2D eigenvalue weighted by molar-refractivity contribution is 9.11.